The standard InChI is InChI=1S/C24H23F3N2O/c1-16-20(14-22(30)29-13-7-10-18(15-29)24(25,26)27)23(17-8-3-2-4-9-17)19-11-5-6-12-21(19)28-16/h2-6,8-9,11-12,18H,7,10,13-15H2,1H3. The molecular weight excluding hydrogens is 389 g/mol. The van der Waals surface area contributed by atoms with E-state index in [9.17, 15) is 18.0 Å². The maximum absolute atomic E-state index is 13.2. The molecule has 1 aliphatic rings. The summed E-state index contributed by atoms with van der Waals surface area (Å²) in [7, 11) is 0. The van der Waals surface area contributed by atoms with Gasteiger partial charge in [0.15, 0.2) is 0 Å². The van der Waals surface area contributed by atoms with E-state index in [1.807, 2.05) is 61.5 Å². The Morgan fingerprint density at radius 3 is 2.53 bits per heavy atom. The van der Waals surface area contributed by atoms with E-state index >= 15 is 0 Å². The number of alkyl halides is 3. The lowest BCUT2D eigenvalue weighted by atomic mass is 9.91. The summed E-state index contributed by atoms with van der Waals surface area (Å²) >= 11 is 0. The summed E-state index contributed by atoms with van der Waals surface area (Å²) in [6.07, 6.45) is -3.78. The molecule has 30 heavy (non-hydrogen) atoms. The summed E-state index contributed by atoms with van der Waals surface area (Å²) in [5.74, 6) is -1.72. The third-order valence-corrected chi connectivity index (χ3v) is 5.83. The number of pyridine rings is 1. The van der Waals surface area contributed by atoms with Gasteiger partial charge in [-0.05, 0) is 42.5 Å². The number of fused-ring (bicyclic) bond motifs is 1. The molecule has 2 heterocycles. The van der Waals surface area contributed by atoms with Crippen molar-refractivity contribution in [2.24, 2.45) is 5.92 Å². The number of amides is 1. The summed E-state index contributed by atoms with van der Waals surface area (Å²) in [5.41, 5.74) is 4.23. The highest BCUT2D eigenvalue weighted by Crippen LogP contribution is 2.35. The molecule has 0 radical (unpaired) electrons. The van der Waals surface area contributed by atoms with Gasteiger partial charge in [0.2, 0.25) is 5.91 Å². The molecule has 1 fully saturated rings. The largest absolute Gasteiger partial charge is 0.393 e. The molecule has 1 aromatic heterocycles. The predicted molar refractivity (Wildman–Crippen MR) is 111 cm³/mol. The highest BCUT2D eigenvalue weighted by Gasteiger charge is 2.42. The van der Waals surface area contributed by atoms with Gasteiger partial charge in [-0.3, -0.25) is 9.78 Å². The first-order valence-electron chi connectivity index (χ1n) is 10.1. The smallest absolute Gasteiger partial charge is 0.342 e. The van der Waals surface area contributed by atoms with Crippen molar-refractivity contribution in [1.29, 1.82) is 0 Å². The van der Waals surface area contributed by atoms with Gasteiger partial charge in [0.25, 0.3) is 0 Å². The Balaban J connectivity index is 1.72. The predicted octanol–water partition coefficient (Wildman–Crippen LogP) is 5.55. The van der Waals surface area contributed by atoms with E-state index in [2.05, 4.69) is 4.98 Å². The fourth-order valence-electron chi connectivity index (χ4n) is 4.26. The Labute approximate surface area is 173 Å². The topological polar surface area (TPSA) is 33.2 Å². The van der Waals surface area contributed by atoms with Gasteiger partial charge in [-0.1, -0.05) is 48.5 Å². The molecule has 2 aromatic carbocycles. The molecule has 156 valence electrons. The average Bonchev–Trinajstić information content (AvgIpc) is 2.74. The quantitative estimate of drug-likeness (QED) is 0.565. The number of halogens is 3. The van der Waals surface area contributed by atoms with E-state index in [1.54, 1.807) is 0 Å². The van der Waals surface area contributed by atoms with Crippen molar-refractivity contribution in [1.82, 2.24) is 9.88 Å². The van der Waals surface area contributed by atoms with Crippen molar-refractivity contribution in [3.63, 3.8) is 0 Å². The van der Waals surface area contributed by atoms with Crippen molar-refractivity contribution in [2.45, 2.75) is 32.4 Å². The van der Waals surface area contributed by atoms with Crippen molar-refractivity contribution in [3.05, 3.63) is 65.9 Å². The number of aromatic nitrogens is 1. The summed E-state index contributed by atoms with van der Waals surface area (Å²) < 4.78 is 39.5. The maximum Gasteiger partial charge on any atom is 0.393 e. The number of para-hydroxylation sites is 1. The number of nitrogens with zero attached hydrogens (tertiary/aromatic N) is 2. The first-order chi connectivity index (χ1) is 14.3. The van der Waals surface area contributed by atoms with Gasteiger partial charge in [0, 0.05) is 24.2 Å². The van der Waals surface area contributed by atoms with Gasteiger partial charge in [0.05, 0.1) is 17.9 Å². The second-order valence-corrected chi connectivity index (χ2v) is 7.83. The minimum Gasteiger partial charge on any atom is -0.342 e. The highest BCUT2D eigenvalue weighted by atomic mass is 19.4. The number of carbonyl (C=O) groups excluding carboxylic acids is 1. The molecule has 0 aliphatic carbocycles. The van der Waals surface area contributed by atoms with Gasteiger partial charge in [0.1, 0.15) is 0 Å². The van der Waals surface area contributed by atoms with E-state index in [-0.39, 0.29) is 25.3 Å². The fraction of sp³-hybridized carbons (Fsp3) is 0.333. The van der Waals surface area contributed by atoms with E-state index < -0.39 is 12.1 Å². The summed E-state index contributed by atoms with van der Waals surface area (Å²) in [4.78, 5) is 19.1. The molecule has 1 atom stereocenters. The molecule has 1 aliphatic heterocycles. The van der Waals surface area contributed by atoms with Gasteiger partial charge in [-0.15, -0.1) is 0 Å². The lowest BCUT2D eigenvalue weighted by Gasteiger charge is -2.34. The Bertz CT molecular complexity index is 1060. The van der Waals surface area contributed by atoms with E-state index in [0.717, 1.165) is 33.3 Å². The van der Waals surface area contributed by atoms with Gasteiger partial charge >= 0.3 is 6.18 Å². The zero-order chi connectivity index (χ0) is 21.3. The van der Waals surface area contributed by atoms with Crippen LogP contribution >= 0.6 is 0 Å². The van der Waals surface area contributed by atoms with Crippen LogP contribution in [0.25, 0.3) is 22.0 Å². The number of aryl methyl sites for hydroxylation is 1. The minimum absolute atomic E-state index is 0.0402. The fourth-order valence-corrected chi connectivity index (χ4v) is 4.26. The Kier molecular flexibility index (Phi) is 5.50. The van der Waals surface area contributed by atoms with Gasteiger partial charge in [-0.2, -0.15) is 13.2 Å². The molecular formula is C24H23F3N2O. The van der Waals surface area contributed by atoms with Gasteiger partial charge in [-0.25, -0.2) is 0 Å². The number of carbonyl (C=O) groups is 1. The number of hydrogen-bond donors (Lipinski definition) is 0. The molecule has 0 spiro atoms. The van der Waals surface area contributed by atoms with Crippen molar-refractivity contribution in [2.75, 3.05) is 13.1 Å². The van der Waals surface area contributed by atoms with Crippen LogP contribution in [0.2, 0.25) is 0 Å². The first-order valence-corrected chi connectivity index (χ1v) is 10.1. The number of benzene rings is 2. The van der Waals surface area contributed by atoms with Crippen LogP contribution < -0.4 is 0 Å². The van der Waals surface area contributed by atoms with Crippen LogP contribution in [-0.2, 0) is 11.2 Å². The summed E-state index contributed by atoms with van der Waals surface area (Å²) in [5, 5.41) is 0.934. The van der Waals surface area contributed by atoms with E-state index in [0.29, 0.717) is 13.0 Å². The van der Waals surface area contributed by atoms with Crippen LogP contribution in [0.5, 0.6) is 0 Å². The molecule has 0 N–H and O–H groups in total. The Hall–Kier alpha value is -2.89. The van der Waals surface area contributed by atoms with Crippen LogP contribution in [0.4, 0.5) is 13.2 Å². The third kappa shape index (κ3) is 4.04. The number of piperidine rings is 1. The second kappa shape index (κ2) is 8.09. The molecule has 4 rings (SSSR count). The van der Waals surface area contributed by atoms with Crippen LogP contribution in [0, 0.1) is 12.8 Å². The van der Waals surface area contributed by atoms with Crippen LogP contribution in [0.15, 0.2) is 54.6 Å². The average molecular weight is 412 g/mol. The molecule has 0 bridgehead atoms. The third-order valence-electron chi connectivity index (χ3n) is 5.83. The second-order valence-electron chi connectivity index (χ2n) is 7.83. The van der Waals surface area contributed by atoms with Crippen LogP contribution in [0.3, 0.4) is 0 Å². The lowest BCUT2D eigenvalue weighted by molar-refractivity contribution is -0.187. The van der Waals surface area contributed by atoms with E-state index in [4.69, 9.17) is 0 Å². The first kappa shape index (κ1) is 20.4. The normalized spacial score (nSPS) is 17.3. The highest BCUT2D eigenvalue weighted by molar-refractivity contribution is 5.98. The Morgan fingerprint density at radius 1 is 1.10 bits per heavy atom. The Morgan fingerprint density at radius 2 is 1.80 bits per heavy atom. The minimum atomic E-state index is -4.27. The molecule has 1 unspecified atom stereocenters. The monoisotopic (exact) mass is 412 g/mol. The molecule has 3 aromatic rings. The van der Waals surface area contributed by atoms with Crippen LogP contribution in [-0.4, -0.2) is 35.1 Å². The van der Waals surface area contributed by atoms with Crippen molar-refractivity contribution in [3.8, 4) is 11.1 Å². The zero-order valence-corrected chi connectivity index (χ0v) is 16.7. The lowest BCUT2D eigenvalue weighted by Crippen LogP contribution is -2.45. The molecule has 1 amide bonds. The SMILES string of the molecule is Cc1nc2ccccc2c(-c2ccccc2)c1CC(=O)N1CCCC(C(F)(F)F)C1. The molecule has 0 saturated carbocycles. The number of hydrogen-bond acceptors (Lipinski definition) is 2. The number of likely N-dealkylation sites (tertiary alicyclic amines) is 1. The maximum atomic E-state index is 13.2. The van der Waals surface area contributed by atoms with Crippen molar-refractivity contribution < 1.29 is 18.0 Å². The molecule has 3 nitrogen and oxygen atoms in total. The van der Waals surface area contributed by atoms with Gasteiger partial charge < -0.3 is 4.90 Å². The summed E-state index contributed by atoms with van der Waals surface area (Å²) in [6.45, 7) is 1.96. The zero-order valence-electron chi connectivity index (χ0n) is 16.7. The van der Waals surface area contributed by atoms with E-state index in [1.165, 1.54) is 4.90 Å². The number of rotatable bonds is 3. The molecule has 6 heteroatoms. The molecule has 1 saturated heterocycles. The van der Waals surface area contributed by atoms with Crippen molar-refractivity contribution >= 4 is 16.8 Å². The summed E-state index contributed by atoms with van der Waals surface area (Å²) in [6, 6.07) is 17.5. The van der Waals surface area contributed by atoms with Crippen LogP contribution in [0.1, 0.15) is 24.1 Å².